The van der Waals surface area contributed by atoms with Crippen molar-refractivity contribution in [3.8, 4) is 10.4 Å². The van der Waals surface area contributed by atoms with Crippen molar-refractivity contribution in [1.82, 2.24) is 0 Å². The molecule has 0 radical (unpaired) electrons. The van der Waals surface area contributed by atoms with Crippen molar-refractivity contribution in [3.05, 3.63) is 57.3 Å². The molecule has 2 aromatic heterocycles. The minimum atomic E-state index is 0.0380. The van der Waals surface area contributed by atoms with E-state index in [1.165, 1.54) is 37.0 Å². The number of nitrogens with two attached hydrogens (primary N) is 1. The van der Waals surface area contributed by atoms with E-state index >= 15 is 0 Å². The van der Waals surface area contributed by atoms with Crippen molar-refractivity contribution < 1.29 is 4.79 Å². The predicted octanol–water partition coefficient (Wildman–Crippen LogP) is 6.26. The number of nitrogen functional groups attached to an aromatic ring is 1. The van der Waals surface area contributed by atoms with Crippen molar-refractivity contribution in [3.63, 3.8) is 0 Å². The van der Waals surface area contributed by atoms with Crippen LogP contribution in [0.3, 0.4) is 0 Å². The average Bonchev–Trinajstić information content (AvgIpc) is 3.39. The zero-order valence-corrected chi connectivity index (χ0v) is 17.3. The van der Waals surface area contributed by atoms with E-state index < -0.39 is 0 Å². The van der Waals surface area contributed by atoms with Crippen LogP contribution in [0.5, 0.6) is 0 Å². The maximum atomic E-state index is 13.2. The van der Waals surface area contributed by atoms with E-state index in [1.54, 1.807) is 11.3 Å². The van der Waals surface area contributed by atoms with Gasteiger partial charge in [-0.2, -0.15) is 0 Å². The molecule has 1 aliphatic rings. The minimum Gasteiger partial charge on any atom is -0.397 e. The molecule has 140 valence electrons. The molecule has 3 aromatic rings. The Bertz CT molecular complexity index is 966. The number of benzene rings is 1. The van der Waals surface area contributed by atoms with Gasteiger partial charge >= 0.3 is 0 Å². The van der Waals surface area contributed by atoms with E-state index in [0.717, 1.165) is 31.4 Å². The first-order chi connectivity index (χ1) is 13.0. The van der Waals surface area contributed by atoms with E-state index in [2.05, 4.69) is 17.4 Å². The largest absolute Gasteiger partial charge is 0.397 e. The third-order valence-corrected chi connectivity index (χ3v) is 7.65. The summed E-state index contributed by atoms with van der Waals surface area (Å²) in [5.41, 5.74) is 9.87. The van der Waals surface area contributed by atoms with E-state index in [1.807, 2.05) is 38.1 Å². The van der Waals surface area contributed by atoms with E-state index in [0.29, 0.717) is 16.6 Å². The van der Waals surface area contributed by atoms with Crippen molar-refractivity contribution in [2.75, 3.05) is 11.1 Å². The predicted molar refractivity (Wildman–Crippen MR) is 117 cm³/mol. The zero-order chi connectivity index (χ0) is 19.0. The summed E-state index contributed by atoms with van der Waals surface area (Å²) in [7, 11) is 0. The van der Waals surface area contributed by atoms with Gasteiger partial charge in [0.15, 0.2) is 0 Å². The number of nitrogens with one attached hydrogen (secondary N) is 1. The van der Waals surface area contributed by atoms with Crippen molar-refractivity contribution in [2.45, 2.75) is 45.6 Å². The zero-order valence-electron chi connectivity index (χ0n) is 15.7. The Hall–Kier alpha value is -2.11. The summed E-state index contributed by atoms with van der Waals surface area (Å²) in [5.74, 6) is 0.0380. The number of carbonyl (C=O) groups excluding carboxylic acids is 1. The summed E-state index contributed by atoms with van der Waals surface area (Å²) in [6, 6.07) is 12.7. The van der Waals surface area contributed by atoms with Crippen LogP contribution < -0.4 is 11.1 Å². The topological polar surface area (TPSA) is 55.1 Å². The normalized spacial score (nSPS) is 14.6. The van der Waals surface area contributed by atoms with Gasteiger partial charge in [0.2, 0.25) is 5.78 Å². The second-order valence-corrected chi connectivity index (χ2v) is 9.48. The molecule has 1 fully saturated rings. The van der Waals surface area contributed by atoms with Gasteiger partial charge < -0.3 is 11.1 Å². The van der Waals surface area contributed by atoms with Crippen LogP contribution in [-0.4, -0.2) is 11.8 Å². The molecule has 4 rings (SSSR count). The van der Waals surface area contributed by atoms with Gasteiger partial charge in [0, 0.05) is 26.9 Å². The average molecular weight is 397 g/mol. The molecule has 3 nitrogen and oxygen atoms in total. The Morgan fingerprint density at radius 3 is 2.52 bits per heavy atom. The van der Waals surface area contributed by atoms with Crippen LogP contribution in [0.1, 0.15) is 51.4 Å². The molecule has 1 aliphatic carbocycles. The highest BCUT2D eigenvalue weighted by molar-refractivity contribution is 7.19. The second-order valence-electron chi connectivity index (χ2n) is 7.20. The van der Waals surface area contributed by atoms with Crippen molar-refractivity contribution in [2.24, 2.45) is 0 Å². The summed E-state index contributed by atoms with van der Waals surface area (Å²) in [6.07, 6.45) is 4.95. The molecular formula is C22H24N2OS2. The number of thiophene rings is 2. The molecule has 0 amide bonds. The van der Waals surface area contributed by atoms with Gasteiger partial charge in [-0.05, 0) is 38.3 Å². The second kappa shape index (κ2) is 7.49. The minimum absolute atomic E-state index is 0.0380. The van der Waals surface area contributed by atoms with Crippen LogP contribution in [-0.2, 0) is 0 Å². The first-order valence-electron chi connectivity index (χ1n) is 9.40. The lowest BCUT2D eigenvalue weighted by molar-refractivity contribution is 0.104. The van der Waals surface area contributed by atoms with Crippen LogP contribution in [0.15, 0.2) is 36.4 Å². The fourth-order valence-corrected chi connectivity index (χ4v) is 5.84. The molecule has 3 N–H and O–H groups in total. The Kier molecular flexibility index (Phi) is 5.06. The molecule has 0 aliphatic heterocycles. The Morgan fingerprint density at radius 2 is 1.81 bits per heavy atom. The summed E-state index contributed by atoms with van der Waals surface area (Å²) in [4.78, 5) is 16.1. The fraction of sp³-hybridized carbons (Fsp3) is 0.318. The van der Waals surface area contributed by atoms with Crippen LogP contribution >= 0.6 is 22.7 Å². The highest BCUT2D eigenvalue weighted by atomic mass is 32.1. The number of hydrogen-bond donors (Lipinski definition) is 2. The quantitative estimate of drug-likeness (QED) is 0.500. The van der Waals surface area contributed by atoms with E-state index in [9.17, 15) is 4.79 Å². The summed E-state index contributed by atoms with van der Waals surface area (Å²) < 4.78 is 0. The van der Waals surface area contributed by atoms with E-state index in [4.69, 9.17) is 5.73 Å². The van der Waals surface area contributed by atoms with Crippen molar-refractivity contribution >= 4 is 39.1 Å². The number of carbonyl (C=O) groups is 1. The lowest BCUT2D eigenvalue weighted by atomic mass is 10.1. The van der Waals surface area contributed by atoms with Crippen LogP contribution in [0.25, 0.3) is 10.4 Å². The molecule has 5 heteroatoms. The molecule has 1 aromatic carbocycles. The first-order valence-corrected chi connectivity index (χ1v) is 11.0. The van der Waals surface area contributed by atoms with Gasteiger partial charge in [-0.15, -0.1) is 22.7 Å². The Balaban J connectivity index is 1.64. The fourth-order valence-electron chi connectivity index (χ4n) is 3.66. The van der Waals surface area contributed by atoms with Gasteiger partial charge in [-0.1, -0.05) is 43.2 Å². The lowest BCUT2D eigenvalue weighted by Gasteiger charge is -2.12. The number of hydrogen-bond acceptors (Lipinski definition) is 5. The van der Waals surface area contributed by atoms with Gasteiger partial charge in [-0.25, -0.2) is 0 Å². The summed E-state index contributed by atoms with van der Waals surface area (Å²) in [6.45, 7) is 4.02. The maximum Gasteiger partial charge on any atom is 0.206 e. The Morgan fingerprint density at radius 1 is 1.11 bits per heavy atom. The van der Waals surface area contributed by atoms with Gasteiger partial charge in [0.05, 0.1) is 10.7 Å². The van der Waals surface area contributed by atoms with Gasteiger partial charge in [0.25, 0.3) is 0 Å². The third kappa shape index (κ3) is 3.54. The van der Waals surface area contributed by atoms with Crippen molar-refractivity contribution in [1.29, 1.82) is 0 Å². The van der Waals surface area contributed by atoms with Crippen LogP contribution in [0, 0.1) is 13.8 Å². The highest BCUT2D eigenvalue weighted by Gasteiger charge is 2.24. The SMILES string of the molecule is Cc1sc(-c2ccccc2)cc1C(=O)c1sc(NC2CCCC2)c(C)c1N. The van der Waals surface area contributed by atoms with Crippen LogP contribution in [0.4, 0.5) is 10.7 Å². The number of anilines is 2. The number of ketones is 1. The van der Waals surface area contributed by atoms with Gasteiger partial charge in [0.1, 0.15) is 4.88 Å². The van der Waals surface area contributed by atoms with Crippen LogP contribution in [0.2, 0.25) is 0 Å². The molecule has 0 bridgehead atoms. The number of aryl methyl sites for hydroxylation is 1. The molecule has 27 heavy (non-hydrogen) atoms. The maximum absolute atomic E-state index is 13.2. The van der Waals surface area contributed by atoms with E-state index in [-0.39, 0.29) is 5.78 Å². The smallest absolute Gasteiger partial charge is 0.206 e. The standard InChI is InChI=1S/C22H24N2OS2/c1-13-19(23)21(27-22(13)24-16-10-6-7-11-16)20(25)17-12-18(26-14(17)2)15-8-4-3-5-9-15/h3-5,8-9,12,16,24H,6-7,10-11,23H2,1-2H3. The molecule has 0 unspecified atom stereocenters. The molecule has 0 atom stereocenters. The lowest BCUT2D eigenvalue weighted by Crippen LogP contribution is -2.14. The summed E-state index contributed by atoms with van der Waals surface area (Å²) in [5, 5.41) is 4.67. The first kappa shape index (κ1) is 18.3. The third-order valence-electron chi connectivity index (χ3n) is 5.31. The Labute approximate surface area is 168 Å². The highest BCUT2D eigenvalue weighted by Crippen LogP contribution is 2.40. The monoisotopic (exact) mass is 396 g/mol. The molecular weight excluding hydrogens is 372 g/mol. The molecule has 2 heterocycles. The molecule has 0 saturated heterocycles. The summed E-state index contributed by atoms with van der Waals surface area (Å²) >= 11 is 3.17. The van der Waals surface area contributed by atoms with Gasteiger partial charge in [-0.3, -0.25) is 4.79 Å². The molecule has 0 spiro atoms. The molecule has 1 saturated carbocycles. The number of rotatable bonds is 5.